The molecule has 0 aromatic heterocycles. The predicted molar refractivity (Wildman–Crippen MR) is 97.9 cm³/mol. The van der Waals surface area contributed by atoms with E-state index in [2.05, 4.69) is 4.74 Å². The van der Waals surface area contributed by atoms with Gasteiger partial charge in [-0.15, -0.1) is 13.2 Å². The van der Waals surface area contributed by atoms with Crippen LogP contribution in [-0.4, -0.2) is 24.9 Å². The van der Waals surface area contributed by atoms with Gasteiger partial charge in [0.1, 0.15) is 22.8 Å². The number of carbonyl (C=O) groups excluding carboxylic acids is 1. The molecule has 1 aliphatic rings. The fourth-order valence-electron chi connectivity index (χ4n) is 3.01. The van der Waals surface area contributed by atoms with Crippen LogP contribution in [0.4, 0.5) is 13.2 Å². The molecule has 1 aliphatic heterocycles. The lowest BCUT2D eigenvalue weighted by Gasteiger charge is -2.29. The van der Waals surface area contributed by atoms with E-state index in [1.54, 1.807) is 18.2 Å². The Morgan fingerprint density at radius 2 is 1.86 bits per heavy atom. The Kier molecular flexibility index (Phi) is 5.10. The van der Waals surface area contributed by atoms with Crippen LogP contribution in [0.1, 0.15) is 35.3 Å². The zero-order chi connectivity index (χ0) is 20.5. The fourth-order valence-corrected chi connectivity index (χ4v) is 3.01. The van der Waals surface area contributed by atoms with Crippen molar-refractivity contribution in [2.24, 2.45) is 0 Å². The second-order valence-electron chi connectivity index (χ2n) is 6.85. The van der Waals surface area contributed by atoms with Crippen LogP contribution in [-0.2, 0) is 6.42 Å². The first-order valence-corrected chi connectivity index (χ1v) is 8.56. The average Bonchev–Trinajstić information content (AvgIpc) is 2.60. The Morgan fingerprint density at radius 3 is 2.54 bits per heavy atom. The van der Waals surface area contributed by atoms with Gasteiger partial charge in [-0.05, 0) is 44.2 Å². The molecule has 0 radical (unpaired) electrons. The number of para-hydroxylation sites is 1. The van der Waals surface area contributed by atoms with Crippen molar-refractivity contribution >= 4 is 11.9 Å². The average molecular weight is 392 g/mol. The van der Waals surface area contributed by atoms with Crippen molar-refractivity contribution in [1.82, 2.24) is 0 Å². The topological polar surface area (TPSA) is 44.8 Å². The summed E-state index contributed by atoms with van der Waals surface area (Å²) in [5.41, 5.74) is 0.526. The first kappa shape index (κ1) is 19.8. The molecule has 0 N–H and O–H groups in total. The first-order valence-electron chi connectivity index (χ1n) is 8.56. The summed E-state index contributed by atoms with van der Waals surface area (Å²) >= 11 is 0. The summed E-state index contributed by atoms with van der Waals surface area (Å²) in [5.74, 6) is 0.103. The number of methoxy groups -OCH3 is 1. The second-order valence-corrected chi connectivity index (χ2v) is 6.85. The minimum Gasteiger partial charge on any atom is -0.495 e. The highest BCUT2D eigenvalue weighted by atomic mass is 19.4. The zero-order valence-corrected chi connectivity index (χ0v) is 15.6. The number of Topliss-reactive ketones (excluding diaryl/α,β-unsaturated/α-hetero) is 1. The lowest BCUT2D eigenvalue weighted by Crippen LogP contribution is -2.27. The Morgan fingerprint density at radius 1 is 1.14 bits per heavy atom. The highest BCUT2D eigenvalue weighted by Gasteiger charge is 2.32. The van der Waals surface area contributed by atoms with Gasteiger partial charge in [0.05, 0.1) is 18.2 Å². The predicted octanol–water partition coefficient (Wildman–Crippen LogP) is 5.20. The largest absolute Gasteiger partial charge is 0.573 e. The van der Waals surface area contributed by atoms with E-state index in [1.807, 2.05) is 26.0 Å². The van der Waals surface area contributed by atoms with Gasteiger partial charge in [0, 0.05) is 12.0 Å². The van der Waals surface area contributed by atoms with Crippen LogP contribution >= 0.6 is 0 Å². The number of ketones is 1. The highest BCUT2D eigenvalue weighted by molar-refractivity contribution is 6.01. The summed E-state index contributed by atoms with van der Waals surface area (Å²) in [7, 11) is 1.43. The van der Waals surface area contributed by atoms with Crippen LogP contribution in [0.3, 0.4) is 0 Å². The molecule has 4 nitrogen and oxygen atoms in total. The van der Waals surface area contributed by atoms with E-state index in [9.17, 15) is 18.0 Å². The molecule has 1 heterocycles. The summed E-state index contributed by atoms with van der Waals surface area (Å²) in [6, 6.07) is 8.79. The number of ether oxygens (including phenoxy) is 3. The number of fused-ring (bicyclic) bond motifs is 1. The smallest absolute Gasteiger partial charge is 0.495 e. The standard InChI is InChI=1S/C21H19F3O4/c1-20(2)11-10-15-18(27-20)9-8-14(19(15)26-3)16(25)12-13-6-4-5-7-17(13)28-21(22,23)24/h4-11H,12H2,1-3H3. The van der Waals surface area contributed by atoms with Gasteiger partial charge in [-0.1, -0.05) is 18.2 Å². The number of hydrogen-bond acceptors (Lipinski definition) is 4. The van der Waals surface area contributed by atoms with E-state index in [4.69, 9.17) is 9.47 Å². The molecular formula is C21H19F3O4. The van der Waals surface area contributed by atoms with Crippen LogP contribution in [0, 0.1) is 0 Å². The van der Waals surface area contributed by atoms with Crippen LogP contribution in [0.2, 0.25) is 0 Å². The van der Waals surface area contributed by atoms with Gasteiger partial charge >= 0.3 is 6.36 Å². The minimum atomic E-state index is -4.84. The Labute approximate surface area is 160 Å². The van der Waals surface area contributed by atoms with Gasteiger partial charge < -0.3 is 14.2 Å². The van der Waals surface area contributed by atoms with Gasteiger partial charge in [-0.25, -0.2) is 0 Å². The van der Waals surface area contributed by atoms with Gasteiger partial charge in [0.2, 0.25) is 0 Å². The molecule has 2 aromatic carbocycles. The molecule has 0 unspecified atom stereocenters. The minimum absolute atomic E-state index is 0.137. The lowest BCUT2D eigenvalue weighted by atomic mass is 9.96. The Hall–Kier alpha value is -2.96. The monoisotopic (exact) mass is 392 g/mol. The highest BCUT2D eigenvalue weighted by Crippen LogP contribution is 2.39. The maximum Gasteiger partial charge on any atom is 0.573 e. The molecule has 0 atom stereocenters. The maximum absolute atomic E-state index is 12.8. The van der Waals surface area contributed by atoms with E-state index in [0.717, 1.165) is 0 Å². The molecule has 0 saturated carbocycles. The fraction of sp³-hybridized carbons (Fsp3) is 0.286. The molecule has 0 bridgehead atoms. The number of carbonyl (C=O) groups is 1. The van der Waals surface area contributed by atoms with Crippen molar-refractivity contribution in [3.8, 4) is 17.2 Å². The third kappa shape index (κ3) is 4.30. The van der Waals surface area contributed by atoms with Crippen molar-refractivity contribution < 1.29 is 32.2 Å². The second kappa shape index (κ2) is 7.22. The molecular weight excluding hydrogens is 373 g/mol. The van der Waals surface area contributed by atoms with E-state index in [1.165, 1.54) is 25.3 Å². The maximum atomic E-state index is 12.8. The van der Waals surface area contributed by atoms with Gasteiger partial charge in [-0.3, -0.25) is 4.79 Å². The van der Waals surface area contributed by atoms with Gasteiger partial charge in [-0.2, -0.15) is 0 Å². The van der Waals surface area contributed by atoms with Gasteiger partial charge in [0.15, 0.2) is 5.78 Å². The third-order valence-corrected chi connectivity index (χ3v) is 4.23. The normalized spacial score (nSPS) is 14.8. The molecule has 0 aliphatic carbocycles. The van der Waals surface area contributed by atoms with Crippen molar-refractivity contribution in [1.29, 1.82) is 0 Å². The number of halogens is 3. The molecule has 0 fully saturated rings. The lowest BCUT2D eigenvalue weighted by molar-refractivity contribution is -0.274. The van der Waals surface area contributed by atoms with Gasteiger partial charge in [0.25, 0.3) is 0 Å². The van der Waals surface area contributed by atoms with Crippen molar-refractivity contribution in [2.45, 2.75) is 32.2 Å². The summed E-state index contributed by atoms with van der Waals surface area (Å²) < 4.78 is 53.1. The van der Waals surface area contributed by atoms with Crippen molar-refractivity contribution in [2.75, 3.05) is 7.11 Å². The summed E-state index contributed by atoms with van der Waals surface area (Å²) in [6.07, 6.45) is -1.44. The number of alkyl halides is 3. The summed E-state index contributed by atoms with van der Waals surface area (Å²) in [4.78, 5) is 12.8. The Bertz CT molecular complexity index is 930. The van der Waals surface area contributed by atoms with Crippen molar-refractivity contribution in [3.05, 3.63) is 59.2 Å². The molecule has 2 aromatic rings. The quantitative estimate of drug-likeness (QED) is 0.656. The van der Waals surface area contributed by atoms with E-state index < -0.39 is 23.5 Å². The molecule has 0 amide bonds. The molecule has 148 valence electrons. The van der Waals surface area contributed by atoms with E-state index in [0.29, 0.717) is 17.1 Å². The van der Waals surface area contributed by atoms with Crippen LogP contribution in [0.5, 0.6) is 17.2 Å². The Balaban J connectivity index is 1.93. The van der Waals surface area contributed by atoms with Crippen LogP contribution < -0.4 is 14.2 Å². The van der Waals surface area contributed by atoms with Crippen LogP contribution in [0.25, 0.3) is 6.08 Å². The van der Waals surface area contributed by atoms with Crippen molar-refractivity contribution in [3.63, 3.8) is 0 Å². The SMILES string of the molecule is COc1c(C(=O)Cc2ccccc2OC(F)(F)F)ccc2c1C=CC(C)(C)O2. The van der Waals surface area contributed by atoms with E-state index >= 15 is 0 Å². The molecule has 3 rings (SSSR count). The van der Waals surface area contributed by atoms with Crippen LogP contribution in [0.15, 0.2) is 42.5 Å². The summed E-state index contributed by atoms with van der Waals surface area (Å²) in [5, 5.41) is 0. The molecule has 0 spiro atoms. The summed E-state index contributed by atoms with van der Waals surface area (Å²) in [6.45, 7) is 3.80. The van der Waals surface area contributed by atoms with E-state index in [-0.39, 0.29) is 17.5 Å². The number of hydrogen-bond donors (Lipinski definition) is 0. The first-order chi connectivity index (χ1) is 13.1. The molecule has 0 saturated heterocycles. The number of rotatable bonds is 5. The third-order valence-electron chi connectivity index (χ3n) is 4.23. The number of benzene rings is 2. The molecule has 7 heteroatoms. The molecule has 28 heavy (non-hydrogen) atoms. The zero-order valence-electron chi connectivity index (χ0n) is 15.6.